The summed E-state index contributed by atoms with van der Waals surface area (Å²) < 4.78 is 64.8. The Morgan fingerprint density at radius 3 is 1.76 bits per heavy atom. The molecule has 2 saturated carbocycles. The molecule has 0 N–H and O–H groups in total. The van der Waals surface area contributed by atoms with Crippen molar-refractivity contribution in [2.75, 3.05) is 6.61 Å². The second kappa shape index (κ2) is 13.2. The highest BCUT2D eigenvalue weighted by molar-refractivity contribution is 5.33. The van der Waals surface area contributed by atoms with E-state index in [1.807, 2.05) is 19.1 Å². The Balaban J connectivity index is 1.30. The van der Waals surface area contributed by atoms with Gasteiger partial charge in [-0.05, 0) is 111 Å². The summed E-state index contributed by atoms with van der Waals surface area (Å²) in [6, 6.07) is 6.77. The topological polar surface area (TPSA) is 9.23 Å². The summed E-state index contributed by atoms with van der Waals surface area (Å²) in [7, 11) is 0. The molecule has 2 aromatic rings. The minimum absolute atomic E-state index is 0.0212. The van der Waals surface area contributed by atoms with Crippen molar-refractivity contribution in [3.8, 4) is 5.75 Å². The van der Waals surface area contributed by atoms with Crippen LogP contribution in [0.1, 0.15) is 119 Å². The van der Waals surface area contributed by atoms with Gasteiger partial charge in [-0.1, -0.05) is 51.3 Å². The molecule has 1 nitrogen and oxygen atoms in total. The Labute approximate surface area is 220 Å². The predicted molar refractivity (Wildman–Crippen MR) is 141 cm³/mol. The molecule has 204 valence electrons. The first-order valence-electron chi connectivity index (χ1n) is 14.5. The minimum Gasteiger partial charge on any atom is -0.490 e. The molecule has 0 amide bonds. The molecule has 37 heavy (non-hydrogen) atoms. The van der Waals surface area contributed by atoms with E-state index in [2.05, 4.69) is 6.92 Å². The Morgan fingerprint density at radius 1 is 0.649 bits per heavy atom. The Morgan fingerprint density at radius 2 is 1.22 bits per heavy atom. The number of benzene rings is 2. The quantitative estimate of drug-likeness (QED) is 0.284. The summed E-state index contributed by atoms with van der Waals surface area (Å²) in [6.45, 7) is 4.52. The zero-order valence-electron chi connectivity index (χ0n) is 22.4. The van der Waals surface area contributed by atoms with Crippen LogP contribution in [0.3, 0.4) is 0 Å². The Hall–Kier alpha value is -2.04. The average Bonchev–Trinajstić information content (AvgIpc) is 2.92. The van der Waals surface area contributed by atoms with Crippen LogP contribution in [-0.4, -0.2) is 6.61 Å². The first kappa shape index (κ1) is 28.0. The summed E-state index contributed by atoms with van der Waals surface area (Å²) in [5.41, 5.74) is 1.42. The first-order chi connectivity index (χ1) is 17.9. The number of halogens is 4. The molecule has 0 saturated heterocycles. The molecule has 0 bridgehead atoms. The normalized spacial score (nSPS) is 24.3. The van der Waals surface area contributed by atoms with E-state index in [0.717, 1.165) is 70.1 Å². The van der Waals surface area contributed by atoms with Gasteiger partial charge in [-0.15, -0.1) is 0 Å². The van der Waals surface area contributed by atoms with Crippen molar-refractivity contribution in [3.05, 3.63) is 64.2 Å². The van der Waals surface area contributed by atoms with Crippen molar-refractivity contribution in [3.63, 3.8) is 0 Å². The van der Waals surface area contributed by atoms with Gasteiger partial charge in [0.05, 0.1) is 6.61 Å². The van der Waals surface area contributed by atoms with E-state index in [0.29, 0.717) is 29.7 Å². The van der Waals surface area contributed by atoms with Gasteiger partial charge in [0, 0.05) is 0 Å². The van der Waals surface area contributed by atoms with Crippen LogP contribution in [0, 0.1) is 35.1 Å². The summed E-state index contributed by atoms with van der Waals surface area (Å²) in [6.07, 6.45) is 11.8. The van der Waals surface area contributed by atoms with E-state index in [1.165, 1.54) is 18.9 Å². The molecule has 4 rings (SSSR count). The molecular formula is C32H42F4O. The SMILES string of the molecule is CCCCc1ccc(OCC2CCC(c3ccc(C4CCC(CCC)CC4)c(F)c3F)CC2)c(F)c1F. The van der Waals surface area contributed by atoms with Gasteiger partial charge in [0.25, 0.3) is 0 Å². The third kappa shape index (κ3) is 6.70. The van der Waals surface area contributed by atoms with E-state index in [4.69, 9.17) is 4.74 Å². The van der Waals surface area contributed by atoms with E-state index < -0.39 is 23.3 Å². The fraction of sp³-hybridized carbons (Fsp3) is 0.625. The van der Waals surface area contributed by atoms with Crippen molar-refractivity contribution in [2.24, 2.45) is 11.8 Å². The molecule has 2 fully saturated rings. The molecule has 0 atom stereocenters. The van der Waals surface area contributed by atoms with Crippen molar-refractivity contribution in [1.29, 1.82) is 0 Å². The van der Waals surface area contributed by atoms with Crippen LogP contribution in [0.5, 0.6) is 5.75 Å². The number of hydrogen-bond donors (Lipinski definition) is 0. The van der Waals surface area contributed by atoms with Crippen LogP contribution in [-0.2, 0) is 6.42 Å². The van der Waals surface area contributed by atoms with Crippen molar-refractivity contribution < 1.29 is 22.3 Å². The van der Waals surface area contributed by atoms with Gasteiger partial charge in [0.2, 0.25) is 5.82 Å². The number of ether oxygens (including phenoxy) is 1. The molecule has 2 aliphatic rings. The highest BCUT2D eigenvalue weighted by Gasteiger charge is 2.30. The Kier molecular flexibility index (Phi) is 9.95. The van der Waals surface area contributed by atoms with Gasteiger partial charge >= 0.3 is 0 Å². The van der Waals surface area contributed by atoms with Crippen LogP contribution < -0.4 is 4.74 Å². The lowest BCUT2D eigenvalue weighted by atomic mass is 9.75. The van der Waals surface area contributed by atoms with Crippen LogP contribution in [0.2, 0.25) is 0 Å². The zero-order valence-corrected chi connectivity index (χ0v) is 22.4. The molecular weight excluding hydrogens is 476 g/mol. The van der Waals surface area contributed by atoms with Crippen molar-refractivity contribution in [2.45, 2.75) is 109 Å². The van der Waals surface area contributed by atoms with E-state index in [1.54, 1.807) is 6.07 Å². The molecule has 0 spiro atoms. The molecule has 5 heteroatoms. The second-order valence-corrected chi connectivity index (χ2v) is 11.4. The highest BCUT2D eigenvalue weighted by Crippen LogP contribution is 2.42. The van der Waals surface area contributed by atoms with Crippen LogP contribution in [0.25, 0.3) is 0 Å². The molecule has 0 aromatic heterocycles. The van der Waals surface area contributed by atoms with E-state index in [9.17, 15) is 8.78 Å². The van der Waals surface area contributed by atoms with E-state index >= 15 is 8.78 Å². The van der Waals surface area contributed by atoms with Crippen molar-refractivity contribution >= 4 is 0 Å². The monoisotopic (exact) mass is 518 g/mol. The maximum Gasteiger partial charge on any atom is 0.200 e. The van der Waals surface area contributed by atoms with Crippen LogP contribution in [0.4, 0.5) is 17.6 Å². The molecule has 0 aliphatic heterocycles. The van der Waals surface area contributed by atoms with Gasteiger partial charge in [-0.3, -0.25) is 0 Å². The van der Waals surface area contributed by atoms with Gasteiger partial charge in [0.15, 0.2) is 23.2 Å². The molecule has 0 heterocycles. The van der Waals surface area contributed by atoms with Crippen molar-refractivity contribution in [1.82, 2.24) is 0 Å². The first-order valence-corrected chi connectivity index (χ1v) is 14.5. The summed E-state index contributed by atoms with van der Waals surface area (Å²) >= 11 is 0. The number of aryl methyl sites for hydroxylation is 1. The second-order valence-electron chi connectivity index (χ2n) is 11.4. The summed E-state index contributed by atoms with van der Waals surface area (Å²) in [5, 5.41) is 0. The highest BCUT2D eigenvalue weighted by atomic mass is 19.2. The maximum atomic E-state index is 15.2. The third-order valence-electron chi connectivity index (χ3n) is 8.81. The Bertz CT molecular complexity index is 1020. The largest absolute Gasteiger partial charge is 0.490 e. The summed E-state index contributed by atoms with van der Waals surface area (Å²) in [4.78, 5) is 0. The average molecular weight is 519 g/mol. The lowest BCUT2D eigenvalue weighted by Gasteiger charge is -2.31. The van der Waals surface area contributed by atoms with Gasteiger partial charge in [-0.25, -0.2) is 13.2 Å². The van der Waals surface area contributed by atoms with Crippen LogP contribution >= 0.6 is 0 Å². The third-order valence-corrected chi connectivity index (χ3v) is 8.81. The fourth-order valence-corrected chi connectivity index (χ4v) is 6.47. The predicted octanol–water partition coefficient (Wildman–Crippen LogP) is 10.0. The minimum atomic E-state index is -0.918. The number of hydrogen-bond acceptors (Lipinski definition) is 1. The number of rotatable bonds is 10. The maximum absolute atomic E-state index is 15.2. The van der Waals surface area contributed by atoms with Gasteiger partial charge in [-0.2, -0.15) is 4.39 Å². The molecule has 2 aliphatic carbocycles. The smallest absolute Gasteiger partial charge is 0.200 e. The molecule has 0 unspecified atom stereocenters. The molecule has 0 radical (unpaired) electrons. The number of unbranched alkanes of at least 4 members (excludes halogenated alkanes) is 1. The molecule has 2 aromatic carbocycles. The van der Waals surface area contributed by atoms with Gasteiger partial charge in [0.1, 0.15) is 0 Å². The zero-order chi connectivity index (χ0) is 26.4. The van der Waals surface area contributed by atoms with Crippen LogP contribution in [0.15, 0.2) is 24.3 Å². The van der Waals surface area contributed by atoms with E-state index in [-0.39, 0.29) is 23.5 Å². The lowest BCUT2D eigenvalue weighted by Crippen LogP contribution is -2.21. The lowest BCUT2D eigenvalue weighted by molar-refractivity contribution is 0.191. The fourth-order valence-electron chi connectivity index (χ4n) is 6.47. The summed E-state index contributed by atoms with van der Waals surface area (Å²) in [5.74, 6) is -2.09. The standard InChI is InChI=1S/C32H42F4O/c1-3-5-7-25-16-19-28(32(36)29(25)33)37-20-22-10-14-24(15-11-22)27-18-17-26(30(34)31(27)35)23-12-8-21(6-4-2)9-13-23/h16-19,21-24H,3-15,20H2,1-2H3. The van der Waals surface area contributed by atoms with Gasteiger partial charge < -0.3 is 4.74 Å².